The molecular formula is C14H11FN4O3. The predicted molar refractivity (Wildman–Crippen MR) is 77.8 cm³/mol. The number of hydrogen-bond donors (Lipinski definition) is 3. The highest BCUT2D eigenvalue weighted by atomic mass is 19.1. The summed E-state index contributed by atoms with van der Waals surface area (Å²) in [5.41, 5.74) is 5.69. The normalized spacial score (nSPS) is 13.0. The number of nitrogen functional groups attached to an aromatic ring is 1. The Kier molecular flexibility index (Phi) is 2.94. The number of halogens is 1. The maximum Gasteiger partial charge on any atom is 0.262 e. The highest BCUT2D eigenvalue weighted by Crippen LogP contribution is 2.26. The van der Waals surface area contributed by atoms with Crippen LogP contribution in [0.15, 0.2) is 29.1 Å². The lowest BCUT2D eigenvalue weighted by Gasteiger charge is -2.15. The van der Waals surface area contributed by atoms with Crippen molar-refractivity contribution in [3.63, 3.8) is 0 Å². The van der Waals surface area contributed by atoms with Crippen LogP contribution in [0, 0.1) is 5.82 Å². The number of rotatable bonds is 2. The molecule has 0 saturated carbocycles. The standard InChI is InChI=1S/C14H11FN4O3/c1-17-8-3-2-6(15)4-9(8)19-10(20)5-7-11(12(19)16)14(22)18-13(7)21/h2-5,17H,16H2,1H3,(H,18,21,22). The molecule has 0 radical (unpaired) electrons. The molecular weight excluding hydrogens is 291 g/mol. The van der Waals surface area contributed by atoms with Crippen molar-refractivity contribution in [3.8, 4) is 5.69 Å². The van der Waals surface area contributed by atoms with E-state index in [1.54, 1.807) is 7.05 Å². The summed E-state index contributed by atoms with van der Waals surface area (Å²) in [6, 6.07) is 4.79. The lowest BCUT2D eigenvalue weighted by Crippen LogP contribution is -2.24. The van der Waals surface area contributed by atoms with Crippen LogP contribution < -0.4 is 21.9 Å². The molecule has 2 amide bonds. The second kappa shape index (κ2) is 4.69. The van der Waals surface area contributed by atoms with Gasteiger partial charge in [-0.2, -0.15) is 0 Å². The van der Waals surface area contributed by atoms with Gasteiger partial charge in [0.05, 0.1) is 22.5 Å². The summed E-state index contributed by atoms with van der Waals surface area (Å²) in [4.78, 5) is 35.7. The van der Waals surface area contributed by atoms with E-state index in [9.17, 15) is 18.8 Å². The summed E-state index contributed by atoms with van der Waals surface area (Å²) in [5, 5.41) is 4.88. The molecule has 22 heavy (non-hydrogen) atoms. The number of nitrogens with one attached hydrogen (secondary N) is 2. The number of fused-ring (bicyclic) bond motifs is 1. The average molecular weight is 302 g/mol. The Morgan fingerprint density at radius 1 is 1.18 bits per heavy atom. The van der Waals surface area contributed by atoms with Crippen molar-refractivity contribution >= 4 is 23.3 Å². The molecule has 1 aliphatic rings. The van der Waals surface area contributed by atoms with Gasteiger partial charge in [0.2, 0.25) is 0 Å². The summed E-state index contributed by atoms with van der Waals surface area (Å²) in [6.45, 7) is 0. The minimum atomic E-state index is -0.686. The molecule has 0 aliphatic carbocycles. The number of imide groups is 1. The maximum absolute atomic E-state index is 13.5. The molecule has 0 bridgehead atoms. The Morgan fingerprint density at radius 3 is 2.59 bits per heavy atom. The topological polar surface area (TPSA) is 106 Å². The first-order valence-electron chi connectivity index (χ1n) is 6.33. The summed E-state index contributed by atoms with van der Waals surface area (Å²) in [6.07, 6.45) is 0. The Bertz CT molecular complexity index is 888. The smallest absolute Gasteiger partial charge is 0.262 e. The number of nitrogens with two attached hydrogens (primary N) is 1. The van der Waals surface area contributed by atoms with Crippen molar-refractivity contribution in [2.45, 2.75) is 0 Å². The van der Waals surface area contributed by atoms with Crippen LogP contribution in [0.1, 0.15) is 20.7 Å². The number of anilines is 2. The second-order valence-electron chi connectivity index (χ2n) is 4.69. The van der Waals surface area contributed by atoms with E-state index in [0.29, 0.717) is 5.69 Å². The molecule has 0 unspecified atom stereocenters. The van der Waals surface area contributed by atoms with E-state index in [4.69, 9.17) is 5.73 Å². The van der Waals surface area contributed by atoms with Crippen LogP contribution in [-0.2, 0) is 0 Å². The molecule has 2 heterocycles. The fourth-order valence-electron chi connectivity index (χ4n) is 2.43. The SMILES string of the molecule is CNc1ccc(F)cc1-n1c(N)c2c(cc1=O)C(=O)NC2=O. The third kappa shape index (κ3) is 1.85. The Hall–Kier alpha value is -3.16. The molecule has 7 nitrogen and oxygen atoms in total. The highest BCUT2D eigenvalue weighted by molar-refractivity contribution is 6.23. The molecule has 1 aromatic carbocycles. The lowest BCUT2D eigenvalue weighted by atomic mass is 10.1. The van der Waals surface area contributed by atoms with Gasteiger partial charge in [-0.15, -0.1) is 0 Å². The molecule has 2 aromatic rings. The van der Waals surface area contributed by atoms with Crippen LogP contribution in [0.4, 0.5) is 15.9 Å². The highest BCUT2D eigenvalue weighted by Gasteiger charge is 2.32. The Balaban J connectivity index is 2.37. The lowest BCUT2D eigenvalue weighted by molar-refractivity contribution is 0.0880. The zero-order valence-electron chi connectivity index (χ0n) is 11.4. The molecule has 3 rings (SSSR count). The predicted octanol–water partition coefficient (Wildman–Crippen LogP) is 0.484. The number of benzene rings is 1. The second-order valence-corrected chi connectivity index (χ2v) is 4.69. The van der Waals surface area contributed by atoms with Gasteiger partial charge in [-0.1, -0.05) is 0 Å². The van der Waals surface area contributed by atoms with Crippen molar-refractivity contribution in [3.05, 3.63) is 51.6 Å². The van der Waals surface area contributed by atoms with Crippen LogP contribution in [0.3, 0.4) is 0 Å². The van der Waals surface area contributed by atoms with Gasteiger partial charge in [-0.05, 0) is 12.1 Å². The molecule has 0 atom stereocenters. The van der Waals surface area contributed by atoms with Crippen LogP contribution in [0.5, 0.6) is 0 Å². The zero-order valence-corrected chi connectivity index (χ0v) is 11.4. The largest absolute Gasteiger partial charge is 0.386 e. The third-order valence-corrected chi connectivity index (χ3v) is 3.42. The first-order chi connectivity index (χ1) is 10.4. The molecule has 0 saturated heterocycles. The van der Waals surface area contributed by atoms with Crippen LogP contribution >= 0.6 is 0 Å². The molecule has 0 spiro atoms. The molecule has 1 aliphatic heterocycles. The van der Waals surface area contributed by atoms with Crippen LogP contribution in [0.25, 0.3) is 5.69 Å². The Morgan fingerprint density at radius 2 is 1.91 bits per heavy atom. The van der Waals surface area contributed by atoms with E-state index in [0.717, 1.165) is 16.7 Å². The van der Waals surface area contributed by atoms with Crippen molar-refractivity contribution in [2.75, 3.05) is 18.1 Å². The number of carbonyl (C=O) groups is 2. The molecule has 0 fully saturated rings. The monoisotopic (exact) mass is 302 g/mol. The van der Waals surface area contributed by atoms with E-state index in [-0.39, 0.29) is 22.6 Å². The number of hydrogen-bond acceptors (Lipinski definition) is 5. The molecule has 4 N–H and O–H groups in total. The van der Waals surface area contributed by atoms with E-state index in [1.165, 1.54) is 12.1 Å². The zero-order chi connectivity index (χ0) is 16.0. The van der Waals surface area contributed by atoms with Crippen molar-refractivity contribution in [1.29, 1.82) is 0 Å². The number of pyridine rings is 1. The van der Waals surface area contributed by atoms with Gasteiger partial charge in [0.1, 0.15) is 11.6 Å². The Labute approximate surface area is 123 Å². The van der Waals surface area contributed by atoms with Crippen molar-refractivity contribution in [1.82, 2.24) is 9.88 Å². The fraction of sp³-hybridized carbons (Fsp3) is 0.0714. The first kappa shape index (κ1) is 13.8. The van der Waals surface area contributed by atoms with Gasteiger partial charge in [0.25, 0.3) is 17.4 Å². The minimum Gasteiger partial charge on any atom is -0.386 e. The number of amides is 2. The number of aromatic nitrogens is 1. The van der Waals surface area contributed by atoms with Gasteiger partial charge in [-0.25, -0.2) is 4.39 Å². The van der Waals surface area contributed by atoms with E-state index in [1.807, 2.05) is 0 Å². The van der Waals surface area contributed by atoms with Gasteiger partial charge in [0, 0.05) is 19.2 Å². The summed E-state index contributed by atoms with van der Waals surface area (Å²) < 4.78 is 14.5. The summed E-state index contributed by atoms with van der Waals surface area (Å²) in [5.74, 6) is -2.15. The average Bonchev–Trinajstić information content (AvgIpc) is 2.74. The molecule has 8 heteroatoms. The van der Waals surface area contributed by atoms with Gasteiger partial charge in [-0.3, -0.25) is 24.3 Å². The summed E-state index contributed by atoms with van der Waals surface area (Å²) >= 11 is 0. The van der Waals surface area contributed by atoms with Crippen molar-refractivity contribution in [2.24, 2.45) is 0 Å². The van der Waals surface area contributed by atoms with E-state index in [2.05, 4.69) is 10.6 Å². The minimum absolute atomic E-state index is 0.0776. The third-order valence-electron chi connectivity index (χ3n) is 3.42. The van der Waals surface area contributed by atoms with E-state index < -0.39 is 23.2 Å². The van der Waals surface area contributed by atoms with Gasteiger partial charge < -0.3 is 11.1 Å². The molecule has 1 aromatic heterocycles. The van der Waals surface area contributed by atoms with Gasteiger partial charge in [0.15, 0.2) is 0 Å². The van der Waals surface area contributed by atoms with Gasteiger partial charge >= 0.3 is 0 Å². The quantitative estimate of drug-likeness (QED) is 0.700. The summed E-state index contributed by atoms with van der Waals surface area (Å²) in [7, 11) is 1.60. The first-order valence-corrected chi connectivity index (χ1v) is 6.33. The molecule has 112 valence electrons. The van der Waals surface area contributed by atoms with Crippen LogP contribution in [0.2, 0.25) is 0 Å². The fourth-order valence-corrected chi connectivity index (χ4v) is 2.43. The van der Waals surface area contributed by atoms with Crippen molar-refractivity contribution < 1.29 is 14.0 Å². The van der Waals surface area contributed by atoms with Crippen LogP contribution in [-0.4, -0.2) is 23.4 Å². The maximum atomic E-state index is 13.5. The number of carbonyl (C=O) groups excluding carboxylic acids is 2. The van der Waals surface area contributed by atoms with E-state index >= 15 is 0 Å². The number of nitrogens with zero attached hydrogens (tertiary/aromatic N) is 1.